The minimum absolute atomic E-state index is 0. The van der Waals surface area contributed by atoms with Crippen molar-refractivity contribution in [3.05, 3.63) is 59.7 Å². The summed E-state index contributed by atoms with van der Waals surface area (Å²) in [5, 5.41) is 3.33. The first-order chi connectivity index (χ1) is 8.66. The maximum absolute atomic E-state index is 12.3. The second-order valence-electron chi connectivity index (χ2n) is 4.39. The maximum atomic E-state index is 12.3. The first-order valence-corrected chi connectivity index (χ1v) is 7.28. The standard InChI is InChI=1S/C14H13NO2S.2ClH/c16-18(17)13-5-1-11(2-6-13)9-15-10-12-3-7-14(18)8-4-12;;/h1-8,15H,9-10H2;2*1H. The Kier molecular flexibility index (Phi) is 5.59. The van der Waals surface area contributed by atoms with Gasteiger partial charge in [-0.2, -0.15) is 0 Å². The predicted octanol–water partition coefficient (Wildman–Crippen LogP) is 2.97. The Labute approximate surface area is 131 Å². The van der Waals surface area contributed by atoms with Crippen molar-refractivity contribution in [1.29, 1.82) is 0 Å². The van der Waals surface area contributed by atoms with Crippen molar-refractivity contribution >= 4 is 34.7 Å². The van der Waals surface area contributed by atoms with Crippen molar-refractivity contribution < 1.29 is 8.42 Å². The number of nitrogens with one attached hydrogen (secondary N) is 1. The summed E-state index contributed by atoms with van der Waals surface area (Å²) in [6.45, 7) is 1.48. The van der Waals surface area contributed by atoms with Crippen LogP contribution in [-0.4, -0.2) is 8.42 Å². The Bertz CT molecular complexity index is 614. The lowest BCUT2D eigenvalue weighted by atomic mass is 10.2. The molecule has 0 aliphatic carbocycles. The van der Waals surface area contributed by atoms with Gasteiger partial charge in [0.15, 0.2) is 0 Å². The van der Waals surface area contributed by atoms with E-state index in [0.29, 0.717) is 9.79 Å². The van der Waals surface area contributed by atoms with Crippen LogP contribution in [0.4, 0.5) is 0 Å². The molecule has 4 aliphatic rings. The molecule has 0 saturated heterocycles. The molecule has 108 valence electrons. The minimum atomic E-state index is -3.38. The third kappa shape index (κ3) is 3.15. The minimum Gasteiger partial charge on any atom is -0.309 e. The van der Waals surface area contributed by atoms with Gasteiger partial charge in [-0.1, -0.05) is 24.3 Å². The second kappa shape index (κ2) is 6.59. The van der Waals surface area contributed by atoms with E-state index in [9.17, 15) is 8.42 Å². The molecule has 0 radical (unpaired) electrons. The molecule has 0 unspecified atom stereocenters. The Morgan fingerprint density at radius 1 is 0.700 bits per heavy atom. The van der Waals surface area contributed by atoms with Crippen molar-refractivity contribution in [2.45, 2.75) is 22.9 Å². The van der Waals surface area contributed by atoms with Crippen LogP contribution < -0.4 is 5.32 Å². The Hall–Kier alpha value is -1.07. The highest BCUT2D eigenvalue weighted by Gasteiger charge is 2.17. The van der Waals surface area contributed by atoms with E-state index in [1.165, 1.54) is 0 Å². The van der Waals surface area contributed by atoms with Gasteiger partial charge in [0.25, 0.3) is 0 Å². The fourth-order valence-electron chi connectivity index (χ4n) is 2.06. The second-order valence-corrected chi connectivity index (χ2v) is 6.34. The van der Waals surface area contributed by atoms with Crippen LogP contribution in [0.15, 0.2) is 58.3 Å². The number of hydrogen-bond donors (Lipinski definition) is 1. The Morgan fingerprint density at radius 2 is 1.05 bits per heavy atom. The molecule has 0 amide bonds. The third-order valence-electron chi connectivity index (χ3n) is 3.13. The summed E-state index contributed by atoms with van der Waals surface area (Å²) in [6.07, 6.45) is 0. The van der Waals surface area contributed by atoms with Crippen LogP contribution >= 0.6 is 24.8 Å². The van der Waals surface area contributed by atoms with Crippen LogP contribution in [0.1, 0.15) is 11.1 Å². The summed E-state index contributed by atoms with van der Waals surface area (Å²) in [5.41, 5.74) is 2.17. The molecule has 2 aromatic carbocycles. The molecule has 6 heteroatoms. The summed E-state index contributed by atoms with van der Waals surface area (Å²) < 4.78 is 24.7. The molecule has 4 heterocycles. The van der Waals surface area contributed by atoms with Crippen molar-refractivity contribution in [2.24, 2.45) is 0 Å². The van der Waals surface area contributed by atoms with E-state index < -0.39 is 9.84 Å². The van der Waals surface area contributed by atoms with Gasteiger partial charge in [-0.3, -0.25) is 0 Å². The molecule has 4 aliphatic heterocycles. The highest BCUT2D eigenvalue weighted by molar-refractivity contribution is 7.91. The maximum Gasteiger partial charge on any atom is 0.206 e. The molecule has 6 rings (SSSR count). The van der Waals surface area contributed by atoms with Crippen LogP contribution in [0.2, 0.25) is 0 Å². The number of halogens is 2. The third-order valence-corrected chi connectivity index (χ3v) is 4.91. The summed E-state index contributed by atoms with van der Waals surface area (Å²) in [7, 11) is -3.38. The molecule has 0 spiro atoms. The van der Waals surface area contributed by atoms with Gasteiger partial charge in [0.1, 0.15) is 0 Å². The van der Waals surface area contributed by atoms with Gasteiger partial charge in [-0.25, -0.2) is 8.42 Å². The predicted molar refractivity (Wildman–Crippen MR) is 83.4 cm³/mol. The van der Waals surface area contributed by atoms with Gasteiger partial charge in [0.2, 0.25) is 9.84 Å². The van der Waals surface area contributed by atoms with Crippen molar-refractivity contribution in [3.8, 4) is 0 Å². The lowest BCUT2D eigenvalue weighted by Crippen LogP contribution is -2.14. The normalized spacial score (nSPS) is 15.4. The van der Waals surface area contributed by atoms with Crippen LogP contribution in [0, 0.1) is 0 Å². The monoisotopic (exact) mass is 331 g/mol. The molecule has 0 saturated carbocycles. The molecular formula is C14H15Cl2NO2S. The van der Waals surface area contributed by atoms with E-state index in [-0.39, 0.29) is 24.8 Å². The van der Waals surface area contributed by atoms with E-state index in [4.69, 9.17) is 0 Å². The zero-order chi connectivity index (χ0) is 12.6. The highest BCUT2D eigenvalue weighted by atomic mass is 35.5. The number of benzene rings is 2. The van der Waals surface area contributed by atoms with E-state index in [1.807, 2.05) is 24.3 Å². The molecule has 20 heavy (non-hydrogen) atoms. The van der Waals surface area contributed by atoms with Crippen molar-refractivity contribution in [2.75, 3.05) is 0 Å². The van der Waals surface area contributed by atoms with Crippen LogP contribution in [-0.2, 0) is 22.9 Å². The Balaban J connectivity index is 0.000001000. The van der Waals surface area contributed by atoms with Crippen LogP contribution in [0.25, 0.3) is 0 Å². The van der Waals surface area contributed by atoms with Crippen molar-refractivity contribution in [3.63, 3.8) is 0 Å². The van der Waals surface area contributed by atoms with E-state index in [1.54, 1.807) is 24.3 Å². The van der Waals surface area contributed by atoms with Gasteiger partial charge in [-0.15, -0.1) is 24.8 Å². The van der Waals surface area contributed by atoms with Gasteiger partial charge < -0.3 is 5.32 Å². The molecule has 4 bridgehead atoms. The summed E-state index contributed by atoms with van der Waals surface area (Å²) >= 11 is 0. The lowest BCUT2D eigenvalue weighted by molar-refractivity contribution is 0.595. The smallest absolute Gasteiger partial charge is 0.206 e. The molecule has 2 aromatic rings. The van der Waals surface area contributed by atoms with Gasteiger partial charge in [0, 0.05) is 13.1 Å². The highest BCUT2D eigenvalue weighted by Crippen LogP contribution is 2.22. The van der Waals surface area contributed by atoms with Crippen molar-refractivity contribution in [1.82, 2.24) is 5.32 Å². The van der Waals surface area contributed by atoms with Gasteiger partial charge in [0.05, 0.1) is 9.79 Å². The summed E-state index contributed by atoms with van der Waals surface area (Å²) in [5.74, 6) is 0. The first kappa shape index (κ1) is 17.0. The zero-order valence-corrected chi connectivity index (χ0v) is 13.0. The molecule has 0 atom stereocenters. The van der Waals surface area contributed by atoms with Gasteiger partial charge >= 0.3 is 0 Å². The van der Waals surface area contributed by atoms with E-state index >= 15 is 0 Å². The quantitative estimate of drug-likeness (QED) is 0.807. The summed E-state index contributed by atoms with van der Waals surface area (Å²) in [4.78, 5) is 0.694. The molecule has 1 N–H and O–H groups in total. The largest absolute Gasteiger partial charge is 0.309 e. The molecule has 3 nitrogen and oxygen atoms in total. The fourth-order valence-corrected chi connectivity index (χ4v) is 3.32. The van der Waals surface area contributed by atoms with Gasteiger partial charge in [-0.05, 0) is 35.4 Å². The number of hydrogen-bond acceptors (Lipinski definition) is 3. The lowest BCUT2D eigenvalue weighted by Gasteiger charge is -2.11. The summed E-state index contributed by atoms with van der Waals surface area (Å²) in [6, 6.07) is 14.1. The van der Waals surface area contributed by atoms with E-state index in [0.717, 1.165) is 24.2 Å². The average molecular weight is 332 g/mol. The van der Waals surface area contributed by atoms with Crippen LogP contribution in [0.5, 0.6) is 0 Å². The first-order valence-electron chi connectivity index (χ1n) is 5.80. The van der Waals surface area contributed by atoms with E-state index in [2.05, 4.69) is 5.32 Å². The molecular weight excluding hydrogens is 317 g/mol. The number of rotatable bonds is 0. The van der Waals surface area contributed by atoms with Crippen LogP contribution in [0.3, 0.4) is 0 Å². The Morgan fingerprint density at radius 3 is 1.40 bits per heavy atom. The topological polar surface area (TPSA) is 46.2 Å². The SMILES string of the molecule is Cl.Cl.O=S1(=O)c2ccc(cc2)CNCc2ccc1cc2. The molecule has 0 fully saturated rings. The zero-order valence-electron chi connectivity index (χ0n) is 10.6. The fraction of sp³-hybridized carbons (Fsp3) is 0.143. The average Bonchev–Trinajstić information content (AvgIpc) is 2.39. The number of sulfone groups is 1. The molecule has 0 aromatic heterocycles.